The van der Waals surface area contributed by atoms with Crippen molar-refractivity contribution in [3.05, 3.63) is 17.9 Å². The van der Waals surface area contributed by atoms with Gasteiger partial charge in [-0.3, -0.25) is 0 Å². The van der Waals surface area contributed by atoms with E-state index in [1.54, 1.807) is 6.07 Å². The van der Waals surface area contributed by atoms with E-state index in [-0.39, 0.29) is 11.6 Å². The molecule has 0 radical (unpaired) electrons. The van der Waals surface area contributed by atoms with E-state index in [4.69, 9.17) is 10.5 Å². The van der Waals surface area contributed by atoms with Crippen LogP contribution in [0.5, 0.6) is 5.75 Å². The summed E-state index contributed by atoms with van der Waals surface area (Å²) in [5.74, 6) is -0.102. The minimum absolute atomic E-state index is 0.286. The number of hydrogen-bond acceptors (Lipinski definition) is 3. The molecule has 19 heavy (non-hydrogen) atoms. The Morgan fingerprint density at radius 3 is 2.74 bits per heavy atom. The fourth-order valence-electron chi connectivity index (χ4n) is 2.48. The Labute approximate surface area is 114 Å². The zero-order valence-corrected chi connectivity index (χ0v) is 11.5. The highest BCUT2D eigenvalue weighted by Gasteiger charge is 2.16. The van der Waals surface area contributed by atoms with Gasteiger partial charge in [-0.2, -0.15) is 0 Å². The van der Waals surface area contributed by atoms with Crippen LogP contribution in [0.2, 0.25) is 0 Å². The first-order valence-corrected chi connectivity index (χ1v) is 7.19. The lowest BCUT2D eigenvalue weighted by Gasteiger charge is -2.25. The maximum Gasteiger partial charge on any atom is 0.167 e. The summed E-state index contributed by atoms with van der Waals surface area (Å²) < 4.78 is 19.1. The van der Waals surface area contributed by atoms with E-state index >= 15 is 0 Å². The summed E-state index contributed by atoms with van der Waals surface area (Å²) in [7, 11) is 0. The lowest BCUT2D eigenvalue weighted by Crippen LogP contribution is -2.22. The van der Waals surface area contributed by atoms with E-state index in [0.717, 1.165) is 24.9 Å². The second kappa shape index (κ2) is 6.64. The molecule has 1 fully saturated rings. The Morgan fingerprint density at radius 1 is 1.32 bits per heavy atom. The van der Waals surface area contributed by atoms with Gasteiger partial charge in [0.15, 0.2) is 11.6 Å². The first-order chi connectivity index (χ1) is 9.20. The molecule has 0 atom stereocenters. The highest BCUT2D eigenvalue weighted by molar-refractivity contribution is 5.69. The summed E-state index contributed by atoms with van der Waals surface area (Å²) in [5, 5.41) is 3.42. The van der Waals surface area contributed by atoms with Gasteiger partial charge >= 0.3 is 0 Å². The zero-order valence-electron chi connectivity index (χ0n) is 11.5. The minimum Gasteiger partial charge on any atom is -0.490 e. The maximum absolute atomic E-state index is 13.7. The van der Waals surface area contributed by atoms with Crippen LogP contribution in [0.1, 0.15) is 45.4 Å². The number of nitrogens with two attached hydrogens (primary N) is 1. The van der Waals surface area contributed by atoms with Crippen LogP contribution >= 0.6 is 0 Å². The highest BCUT2D eigenvalue weighted by Crippen LogP contribution is 2.31. The monoisotopic (exact) mass is 266 g/mol. The summed E-state index contributed by atoms with van der Waals surface area (Å²) in [4.78, 5) is 0. The Morgan fingerprint density at radius 2 is 2.05 bits per heavy atom. The smallest absolute Gasteiger partial charge is 0.167 e. The Hall–Kier alpha value is -1.45. The Bertz CT molecular complexity index is 417. The molecule has 0 saturated heterocycles. The van der Waals surface area contributed by atoms with Crippen molar-refractivity contribution in [3.63, 3.8) is 0 Å². The summed E-state index contributed by atoms with van der Waals surface area (Å²) in [5.41, 5.74) is 7.12. The molecule has 1 aliphatic carbocycles. The Balaban J connectivity index is 2.09. The predicted molar refractivity (Wildman–Crippen MR) is 77.1 cm³/mol. The van der Waals surface area contributed by atoms with E-state index in [2.05, 4.69) is 5.32 Å². The molecular weight excluding hydrogens is 243 g/mol. The molecule has 0 heterocycles. The van der Waals surface area contributed by atoms with Gasteiger partial charge in [0.25, 0.3) is 0 Å². The van der Waals surface area contributed by atoms with Crippen molar-refractivity contribution < 1.29 is 9.13 Å². The van der Waals surface area contributed by atoms with Crippen LogP contribution in [-0.2, 0) is 0 Å². The van der Waals surface area contributed by atoms with Gasteiger partial charge in [-0.1, -0.05) is 26.2 Å². The molecule has 1 saturated carbocycles. The number of ether oxygens (including phenoxy) is 1. The zero-order chi connectivity index (χ0) is 13.7. The van der Waals surface area contributed by atoms with Crippen molar-refractivity contribution in [2.75, 3.05) is 17.7 Å². The number of benzene rings is 1. The third-order valence-electron chi connectivity index (χ3n) is 3.53. The van der Waals surface area contributed by atoms with Gasteiger partial charge in [-0.25, -0.2) is 4.39 Å². The predicted octanol–water partition coefficient (Wildman–Crippen LogP) is 3.94. The SMILES string of the molecule is CCCOc1cc(NC2CCCCC2)c(N)cc1F. The number of nitrogens with one attached hydrogen (secondary N) is 1. The lowest BCUT2D eigenvalue weighted by atomic mass is 9.95. The lowest BCUT2D eigenvalue weighted by molar-refractivity contribution is 0.301. The summed E-state index contributed by atoms with van der Waals surface area (Å²) in [6.07, 6.45) is 6.97. The van der Waals surface area contributed by atoms with Gasteiger partial charge in [0.2, 0.25) is 0 Å². The van der Waals surface area contributed by atoms with Crippen LogP contribution in [0.3, 0.4) is 0 Å². The van der Waals surface area contributed by atoms with E-state index in [0.29, 0.717) is 18.3 Å². The number of hydrogen-bond donors (Lipinski definition) is 2. The van der Waals surface area contributed by atoms with Crippen molar-refractivity contribution in [2.45, 2.75) is 51.5 Å². The van der Waals surface area contributed by atoms with Crippen molar-refractivity contribution in [1.29, 1.82) is 0 Å². The van der Waals surface area contributed by atoms with Gasteiger partial charge in [0, 0.05) is 18.2 Å². The summed E-state index contributed by atoms with van der Waals surface area (Å²) >= 11 is 0. The molecule has 0 aliphatic heterocycles. The van der Waals surface area contributed by atoms with Crippen LogP contribution in [0.25, 0.3) is 0 Å². The van der Waals surface area contributed by atoms with Gasteiger partial charge in [0.1, 0.15) is 0 Å². The van der Waals surface area contributed by atoms with E-state index in [1.165, 1.54) is 25.3 Å². The van der Waals surface area contributed by atoms with Crippen LogP contribution in [0, 0.1) is 5.82 Å². The van der Waals surface area contributed by atoms with Crippen LogP contribution in [0.4, 0.5) is 15.8 Å². The molecule has 0 bridgehead atoms. The van der Waals surface area contributed by atoms with Crippen molar-refractivity contribution >= 4 is 11.4 Å². The quantitative estimate of drug-likeness (QED) is 0.793. The fourth-order valence-corrected chi connectivity index (χ4v) is 2.48. The van der Waals surface area contributed by atoms with Gasteiger partial charge in [-0.05, 0) is 19.3 Å². The molecule has 4 heteroatoms. The van der Waals surface area contributed by atoms with Gasteiger partial charge in [0.05, 0.1) is 18.0 Å². The first kappa shape index (κ1) is 14.0. The molecule has 3 N–H and O–H groups in total. The average Bonchev–Trinajstić information content (AvgIpc) is 2.42. The molecular formula is C15H23FN2O. The minimum atomic E-state index is -0.389. The molecule has 2 rings (SSSR count). The van der Waals surface area contributed by atoms with Crippen molar-refractivity contribution in [3.8, 4) is 5.75 Å². The number of halogens is 1. The molecule has 1 aromatic carbocycles. The van der Waals surface area contributed by atoms with Crippen LogP contribution < -0.4 is 15.8 Å². The van der Waals surface area contributed by atoms with E-state index in [1.807, 2.05) is 6.92 Å². The molecule has 0 unspecified atom stereocenters. The molecule has 0 amide bonds. The standard InChI is InChI=1S/C15H23FN2O/c1-2-8-19-15-10-14(13(17)9-12(15)16)18-11-6-4-3-5-7-11/h9-11,18H,2-8,17H2,1H3. The van der Waals surface area contributed by atoms with E-state index < -0.39 is 0 Å². The topological polar surface area (TPSA) is 47.3 Å². The van der Waals surface area contributed by atoms with Crippen molar-refractivity contribution in [1.82, 2.24) is 0 Å². The van der Waals surface area contributed by atoms with Crippen molar-refractivity contribution in [2.24, 2.45) is 0 Å². The van der Waals surface area contributed by atoms with Gasteiger partial charge < -0.3 is 15.8 Å². The highest BCUT2D eigenvalue weighted by atomic mass is 19.1. The normalized spacial score (nSPS) is 16.3. The maximum atomic E-state index is 13.7. The summed E-state index contributed by atoms with van der Waals surface area (Å²) in [6, 6.07) is 3.48. The largest absolute Gasteiger partial charge is 0.490 e. The molecule has 0 spiro atoms. The fraction of sp³-hybridized carbons (Fsp3) is 0.600. The first-order valence-electron chi connectivity index (χ1n) is 7.19. The number of anilines is 2. The Kier molecular flexibility index (Phi) is 4.88. The second-order valence-electron chi connectivity index (χ2n) is 5.20. The second-order valence-corrected chi connectivity index (χ2v) is 5.20. The third kappa shape index (κ3) is 3.75. The van der Waals surface area contributed by atoms with Crippen LogP contribution in [0.15, 0.2) is 12.1 Å². The summed E-state index contributed by atoms with van der Waals surface area (Å²) in [6.45, 7) is 2.51. The molecule has 1 aromatic rings. The van der Waals surface area contributed by atoms with Crippen LogP contribution in [-0.4, -0.2) is 12.6 Å². The number of rotatable bonds is 5. The molecule has 3 nitrogen and oxygen atoms in total. The molecule has 0 aromatic heterocycles. The average molecular weight is 266 g/mol. The molecule has 106 valence electrons. The molecule has 1 aliphatic rings. The number of nitrogen functional groups attached to an aromatic ring is 1. The van der Waals surface area contributed by atoms with E-state index in [9.17, 15) is 4.39 Å². The third-order valence-corrected chi connectivity index (χ3v) is 3.53. The van der Waals surface area contributed by atoms with Gasteiger partial charge in [-0.15, -0.1) is 0 Å².